The molecule has 0 heterocycles. The molecule has 0 fully saturated rings. The summed E-state index contributed by atoms with van der Waals surface area (Å²) in [5.41, 5.74) is -0.892. The number of quaternary nitrogens is 1. The first-order chi connectivity index (χ1) is 10.3. The van der Waals surface area contributed by atoms with E-state index in [2.05, 4.69) is 27.6 Å². The quantitative estimate of drug-likeness (QED) is 0.187. The fourth-order valence-corrected chi connectivity index (χ4v) is 3.96. The van der Waals surface area contributed by atoms with Crippen LogP contribution in [0.3, 0.4) is 0 Å². The minimum Gasteiger partial charge on any atom is -1.00 e. The van der Waals surface area contributed by atoms with Gasteiger partial charge in [-0.25, -0.2) is 0 Å². The largest absolute Gasteiger partial charge is 1.00 e. The summed E-state index contributed by atoms with van der Waals surface area (Å²) < 4.78 is 6.91. The molecule has 1 atom stereocenters. The number of aliphatic hydroxyl groups is 3. The molecule has 0 amide bonds. The Morgan fingerprint density at radius 2 is 1.48 bits per heavy atom. The molecular weight excluding hydrogens is 334 g/mol. The van der Waals surface area contributed by atoms with E-state index >= 15 is 0 Å². The normalized spacial score (nSPS) is 13.7. The standard InChI is InChI=1S/C16H38NO4Si.ClH/c1-5-6-7-9-17(2,3)10-8-11-22(4)21-15-16(12-18,13-19)14-20;/h18-20,22H,5-15H2,1-4H3;1H/q+1;/p-1. The van der Waals surface area contributed by atoms with Crippen molar-refractivity contribution in [3.8, 4) is 0 Å². The maximum atomic E-state index is 9.29. The van der Waals surface area contributed by atoms with Crippen molar-refractivity contribution in [3.05, 3.63) is 0 Å². The Morgan fingerprint density at radius 3 is 1.96 bits per heavy atom. The van der Waals surface area contributed by atoms with Crippen LogP contribution in [0.5, 0.6) is 0 Å². The number of hydrogen-bond acceptors (Lipinski definition) is 4. The van der Waals surface area contributed by atoms with E-state index in [0.29, 0.717) is 0 Å². The fourth-order valence-electron chi connectivity index (χ4n) is 2.40. The van der Waals surface area contributed by atoms with Crippen LogP contribution in [-0.2, 0) is 4.43 Å². The Balaban J connectivity index is 0. The molecule has 0 spiro atoms. The van der Waals surface area contributed by atoms with Crippen molar-refractivity contribution in [1.29, 1.82) is 0 Å². The predicted octanol–water partition coefficient (Wildman–Crippen LogP) is -2.02. The van der Waals surface area contributed by atoms with Crippen LogP contribution in [0.4, 0.5) is 0 Å². The second-order valence-corrected chi connectivity index (χ2v) is 9.86. The molecule has 1 unspecified atom stereocenters. The first-order valence-electron chi connectivity index (χ1n) is 8.61. The van der Waals surface area contributed by atoms with Gasteiger partial charge in [-0.1, -0.05) is 13.3 Å². The molecule has 0 aliphatic rings. The second kappa shape index (κ2) is 13.6. The lowest BCUT2D eigenvalue weighted by molar-refractivity contribution is -0.890. The van der Waals surface area contributed by atoms with Crippen LogP contribution < -0.4 is 12.4 Å². The van der Waals surface area contributed by atoms with Gasteiger partial charge in [0.2, 0.25) is 0 Å². The molecule has 0 bridgehead atoms. The lowest BCUT2D eigenvalue weighted by Gasteiger charge is -2.31. The zero-order chi connectivity index (χ0) is 17.1. The van der Waals surface area contributed by atoms with E-state index in [1.807, 2.05) is 0 Å². The van der Waals surface area contributed by atoms with Crippen LogP contribution in [0.2, 0.25) is 12.6 Å². The zero-order valence-electron chi connectivity index (χ0n) is 15.4. The number of nitrogens with zero attached hydrogens (tertiary/aromatic N) is 1. The van der Waals surface area contributed by atoms with Gasteiger partial charge in [0, 0.05) is 6.61 Å². The molecule has 0 aliphatic carbocycles. The third kappa shape index (κ3) is 11.5. The summed E-state index contributed by atoms with van der Waals surface area (Å²) in [5, 5.41) is 27.9. The first-order valence-corrected chi connectivity index (χ1v) is 11.0. The van der Waals surface area contributed by atoms with E-state index in [4.69, 9.17) is 4.43 Å². The van der Waals surface area contributed by atoms with Gasteiger partial charge < -0.3 is 36.6 Å². The van der Waals surface area contributed by atoms with Crippen LogP contribution >= 0.6 is 0 Å². The molecule has 0 aromatic carbocycles. The molecule has 0 aliphatic heterocycles. The molecule has 0 aromatic rings. The highest BCUT2D eigenvalue weighted by Gasteiger charge is 2.29. The van der Waals surface area contributed by atoms with Gasteiger partial charge in [-0.3, -0.25) is 0 Å². The Morgan fingerprint density at radius 1 is 0.957 bits per heavy atom. The highest BCUT2D eigenvalue weighted by Crippen LogP contribution is 2.17. The molecule has 23 heavy (non-hydrogen) atoms. The van der Waals surface area contributed by atoms with Gasteiger partial charge in [0.1, 0.15) is 0 Å². The van der Waals surface area contributed by atoms with Gasteiger partial charge in [0.15, 0.2) is 9.04 Å². The van der Waals surface area contributed by atoms with Crippen molar-refractivity contribution in [1.82, 2.24) is 0 Å². The van der Waals surface area contributed by atoms with E-state index in [-0.39, 0.29) is 38.8 Å². The topological polar surface area (TPSA) is 69.9 Å². The SMILES string of the molecule is CCCCC[N+](C)(C)CCC[SiH](C)OCC(CO)(CO)CO.[Cl-]. The molecule has 5 nitrogen and oxygen atoms in total. The van der Waals surface area contributed by atoms with Gasteiger partial charge in [0.25, 0.3) is 0 Å². The van der Waals surface area contributed by atoms with Gasteiger partial charge >= 0.3 is 0 Å². The zero-order valence-corrected chi connectivity index (χ0v) is 17.3. The summed E-state index contributed by atoms with van der Waals surface area (Å²) in [4.78, 5) is 0. The maximum Gasteiger partial charge on any atom is 0.174 e. The van der Waals surface area contributed by atoms with Gasteiger partial charge in [-0.15, -0.1) is 0 Å². The lowest BCUT2D eigenvalue weighted by Crippen LogP contribution is -3.00. The molecular formula is C16H38ClNO4Si. The monoisotopic (exact) mass is 371 g/mol. The third-order valence-corrected chi connectivity index (χ3v) is 6.38. The minimum atomic E-state index is -1.31. The molecule has 0 saturated heterocycles. The molecule has 7 heteroatoms. The van der Waals surface area contributed by atoms with Gasteiger partial charge in [-0.2, -0.15) is 0 Å². The first kappa shape index (κ1) is 25.5. The summed E-state index contributed by atoms with van der Waals surface area (Å²) in [5.74, 6) is 0. The number of rotatable bonds is 14. The predicted molar refractivity (Wildman–Crippen MR) is 93.4 cm³/mol. The molecule has 3 N–H and O–H groups in total. The van der Waals surface area contributed by atoms with Crippen molar-refractivity contribution >= 4 is 9.04 Å². The van der Waals surface area contributed by atoms with Crippen LogP contribution in [0, 0.1) is 5.41 Å². The van der Waals surface area contributed by atoms with Crippen LogP contribution in [-0.4, -0.2) is 82.5 Å². The number of aliphatic hydroxyl groups excluding tert-OH is 3. The molecule has 0 rings (SSSR count). The average molecular weight is 372 g/mol. The lowest BCUT2D eigenvalue weighted by atomic mass is 9.93. The highest BCUT2D eigenvalue weighted by molar-refractivity contribution is 6.50. The smallest absolute Gasteiger partial charge is 0.174 e. The van der Waals surface area contributed by atoms with Crippen molar-refractivity contribution in [3.63, 3.8) is 0 Å². The highest BCUT2D eigenvalue weighted by atomic mass is 35.5. The van der Waals surface area contributed by atoms with Crippen LogP contribution in [0.15, 0.2) is 0 Å². The Labute approximate surface area is 150 Å². The van der Waals surface area contributed by atoms with Crippen molar-refractivity contribution in [2.45, 2.75) is 45.2 Å². The Hall–Kier alpha value is 0.307. The summed E-state index contributed by atoms with van der Waals surface area (Å²) in [6.45, 7) is 6.28. The van der Waals surface area contributed by atoms with Crippen molar-refractivity contribution in [2.24, 2.45) is 5.41 Å². The molecule has 0 saturated carbocycles. The number of unbranched alkanes of at least 4 members (excludes halogenated alkanes) is 2. The number of hydrogen-bond donors (Lipinski definition) is 3. The molecule has 142 valence electrons. The van der Waals surface area contributed by atoms with E-state index < -0.39 is 14.5 Å². The summed E-state index contributed by atoms with van der Waals surface area (Å²) in [7, 11) is 3.27. The summed E-state index contributed by atoms with van der Waals surface area (Å²) in [6, 6.07) is 1.09. The Bertz CT molecular complexity index is 271. The molecule has 0 aromatic heterocycles. The second-order valence-electron chi connectivity index (χ2n) is 7.33. The maximum absolute atomic E-state index is 9.29. The van der Waals surface area contributed by atoms with Gasteiger partial charge in [0.05, 0.1) is 52.4 Å². The average Bonchev–Trinajstić information content (AvgIpc) is 2.49. The Kier molecular flexibility index (Phi) is 15.1. The van der Waals surface area contributed by atoms with Crippen LogP contribution in [0.1, 0.15) is 32.6 Å². The van der Waals surface area contributed by atoms with E-state index in [1.54, 1.807) is 0 Å². The summed E-state index contributed by atoms with van der Waals surface area (Å²) >= 11 is 0. The van der Waals surface area contributed by atoms with E-state index in [1.165, 1.54) is 25.8 Å². The van der Waals surface area contributed by atoms with Crippen LogP contribution in [0.25, 0.3) is 0 Å². The summed E-state index contributed by atoms with van der Waals surface area (Å²) in [6.07, 6.45) is 5.01. The van der Waals surface area contributed by atoms with Gasteiger partial charge in [-0.05, 0) is 31.9 Å². The van der Waals surface area contributed by atoms with Crippen molar-refractivity contribution < 1.29 is 36.6 Å². The third-order valence-electron chi connectivity index (χ3n) is 4.42. The molecule has 0 radical (unpaired) electrons. The minimum absolute atomic E-state index is 0. The number of halogens is 1. The van der Waals surface area contributed by atoms with E-state index in [9.17, 15) is 15.3 Å². The van der Waals surface area contributed by atoms with E-state index in [0.717, 1.165) is 23.5 Å². The van der Waals surface area contributed by atoms with Crippen molar-refractivity contribution in [2.75, 3.05) is 53.6 Å². The fraction of sp³-hybridized carbons (Fsp3) is 1.00.